The second kappa shape index (κ2) is 6.30. The summed E-state index contributed by atoms with van der Waals surface area (Å²) in [5.41, 5.74) is 0.834. The zero-order valence-corrected chi connectivity index (χ0v) is 12.4. The first-order chi connectivity index (χ1) is 10.6. The van der Waals surface area contributed by atoms with E-state index in [9.17, 15) is 14.4 Å². The monoisotopic (exact) mass is 301 g/mol. The van der Waals surface area contributed by atoms with Crippen molar-refractivity contribution in [3.63, 3.8) is 0 Å². The predicted molar refractivity (Wildman–Crippen MR) is 80.5 cm³/mol. The molecule has 1 saturated carbocycles. The van der Waals surface area contributed by atoms with E-state index in [1.807, 2.05) is 0 Å². The Morgan fingerprint density at radius 3 is 2.41 bits per heavy atom. The molecule has 2 amide bonds. The number of hydrogen-bond acceptors (Lipinski definition) is 4. The highest BCUT2D eigenvalue weighted by atomic mass is 16.5. The molecule has 3 rings (SSSR count). The minimum Gasteiger partial charge on any atom is -0.459 e. The normalized spacial score (nSPS) is 19.5. The lowest BCUT2D eigenvalue weighted by molar-refractivity contribution is -0.121. The minimum atomic E-state index is -0.382. The average Bonchev–Trinajstić information content (AvgIpc) is 2.87. The zero-order chi connectivity index (χ0) is 15.5. The van der Waals surface area contributed by atoms with E-state index in [4.69, 9.17) is 4.74 Å². The van der Waals surface area contributed by atoms with Crippen molar-refractivity contribution in [3.05, 3.63) is 29.8 Å². The quantitative estimate of drug-likeness (QED) is 0.636. The van der Waals surface area contributed by atoms with Gasteiger partial charge in [0.1, 0.15) is 6.10 Å². The smallest absolute Gasteiger partial charge is 0.338 e. The van der Waals surface area contributed by atoms with Crippen molar-refractivity contribution in [2.45, 2.75) is 51.0 Å². The molecule has 2 fully saturated rings. The van der Waals surface area contributed by atoms with Gasteiger partial charge in [-0.25, -0.2) is 4.79 Å². The van der Waals surface area contributed by atoms with Gasteiger partial charge < -0.3 is 4.74 Å². The predicted octanol–water partition coefficient (Wildman–Crippen LogP) is 2.83. The molecule has 22 heavy (non-hydrogen) atoms. The van der Waals surface area contributed by atoms with E-state index in [0.29, 0.717) is 11.3 Å². The fourth-order valence-electron chi connectivity index (χ4n) is 3.04. The van der Waals surface area contributed by atoms with Crippen LogP contribution in [0.2, 0.25) is 0 Å². The Bertz CT molecular complexity index is 588. The van der Waals surface area contributed by atoms with Crippen LogP contribution in [0.5, 0.6) is 0 Å². The molecule has 0 atom stereocenters. The van der Waals surface area contributed by atoms with Crippen molar-refractivity contribution in [2.75, 3.05) is 4.90 Å². The molecule has 1 aliphatic carbocycles. The average molecular weight is 301 g/mol. The molecule has 0 N–H and O–H groups in total. The van der Waals surface area contributed by atoms with Crippen LogP contribution in [0, 0.1) is 0 Å². The van der Waals surface area contributed by atoms with Crippen LogP contribution in [0.15, 0.2) is 24.3 Å². The molecule has 0 spiro atoms. The molecule has 5 heteroatoms. The molecular formula is C17H19NO4. The first-order valence-corrected chi connectivity index (χ1v) is 7.82. The second-order valence-corrected chi connectivity index (χ2v) is 5.84. The summed E-state index contributed by atoms with van der Waals surface area (Å²) in [6.45, 7) is 0. The van der Waals surface area contributed by atoms with Gasteiger partial charge in [-0.1, -0.05) is 12.5 Å². The Morgan fingerprint density at radius 1 is 1.05 bits per heavy atom. The van der Waals surface area contributed by atoms with Gasteiger partial charge in [-0.2, -0.15) is 0 Å². The maximum absolute atomic E-state index is 12.2. The number of ether oxygens (including phenoxy) is 1. The van der Waals surface area contributed by atoms with Gasteiger partial charge >= 0.3 is 5.97 Å². The third-order valence-corrected chi connectivity index (χ3v) is 4.22. The molecule has 0 bridgehead atoms. The lowest BCUT2D eigenvalue weighted by atomic mass is 9.98. The topological polar surface area (TPSA) is 63.7 Å². The number of amides is 2. The molecule has 5 nitrogen and oxygen atoms in total. The number of anilines is 1. The van der Waals surface area contributed by atoms with Gasteiger partial charge in [0, 0.05) is 12.8 Å². The van der Waals surface area contributed by atoms with E-state index in [-0.39, 0.29) is 36.7 Å². The third-order valence-electron chi connectivity index (χ3n) is 4.22. The molecule has 1 aromatic carbocycles. The van der Waals surface area contributed by atoms with Crippen LogP contribution in [0.4, 0.5) is 5.69 Å². The van der Waals surface area contributed by atoms with Crippen molar-refractivity contribution < 1.29 is 19.1 Å². The molecule has 1 aliphatic heterocycles. The van der Waals surface area contributed by atoms with E-state index < -0.39 is 0 Å². The Labute approximate surface area is 129 Å². The number of rotatable bonds is 3. The van der Waals surface area contributed by atoms with Crippen LogP contribution in [0.3, 0.4) is 0 Å². The van der Waals surface area contributed by atoms with Crippen LogP contribution < -0.4 is 4.90 Å². The van der Waals surface area contributed by atoms with Crippen molar-refractivity contribution in [3.8, 4) is 0 Å². The number of imide groups is 1. The largest absolute Gasteiger partial charge is 0.459 e. The summed E-state index contributed by atoms with van der Waals surface area (Å²) in [4.78, 5) is 36.9. The molecular weight excluding hydrogens is 282 g/mol. The Balaban J connectivity index is 1.74. The highest BCUT2D eigenvalue weighted by Gasteiger charge is 2.30. The van der Waals surface area contributed by atoms with Crippen molar-refractivity contribution in [1.82, 2.24) is 0 Å². The Kier molecular flexibility index (Phi) is 4.22. The highest BCUT2D eigenvalue weighted by molar-refractivity contribution is 6.20. The van der Waals surface area contributed by atoms with E-state index >= 15 is 0 Å². The van der Waals surface area contributed by atoms with Crippen molar-refractivity contribution in [2.24, 2.45) is 0 Å². The van der Waals surface area contributed by atoms with Crippen molar-refractivity contribution >= 4 is 23.5 Å². The number of carbonyl (C=O) groups is 3. The number of carbonyl (C=O) groups excluding carboxylic acids is 3. The fraction of sp³-hybridized carbons (Fsp3) is 0.471. The van der Waals surface area contributed by atoms with Crippen LogP contribution in [-0.4, -0.2) is 23.9 Å². The van der Waals surface area contributed by atoms with Gasteiger partial charge in [-0.05, 0) is 43.9 Å². The molecule has 1 saturated heterocycles. The molecule has 2 aliphatic rings. The summed E-state index contributed by atoms with van der Waals surface area (Å²) >= 11 is 0. The lowest BCUT2D eigenvalue weighted by Crippen LogP contribution is -2.28. The second-order valence-electron chi connectivity index (χ2n) is 5.84. The summed E-state index contributed by atoms with van der Waals surface area (Å²) in [5.74, 6) is -0.821. The van der Waals surface area contributed by atoms with Crippen LogP contribution in [0.1, 0.15) is 55.3 Å². The lowest BCUT2D eigenvalue weighted by Gasteiger charge is -2.22. The minimum absolute atomic E-state index is 0.0139. The van der Waals surface area contributed by atoms with Crippen LogP contribution in [0.25, 0.3) is 0 Å². The maximum Gasteiger partial charge on any atom is 0.338 e. The molecule has 0 unspecified atom stereocenters. The molecule has 1 aromatic rings. The summed E-state index contributed by atoms with van der Waals surface area (Å²) < 4.78 is 5.52. The first-order valence-electron chi connectivity index (χ1n) is 7.82. The molecule has 0 aromatic heterocycles. The molecule has 116 valence electrons. The summed E-state index contributed by atoms with van der Waals surface area (Å²) in [6, 6.07) is 6.55. The SMILES string of the molecule is O=C(OC1CCCCC1)c1cccc(N2C(=O)CCC2=O)c1. The Hall–Kier alpha value is -2.17. The number of hydrogen-bond donors (Lipinski definition) is 0. The zero-order valence-electron chi connectivity index (χ0n) is 12.4. The standard InChI is InChI=1S/C17H19NO4/c19-15-9-10-16(20)18(15)13-6-4-5-12(11-13)17(21)22-14-7-2-1-3-8-14/h4-6,11,14H,1-3,7-10H2. The Morgan fingerprint density at radius 2 is 1.73 bits per heavy atom. The van der Waals surface area contributed by atoms with Gasteiger partial charge in [-0.3, -0.25) is 14.5 Å². The van der Waals surface area contributed by atoms with Crippen LogP contribution >= 0.6 is 0 Å². The van der Waals surface area contributed by atoms with E-state index in [1.54, 1.807) is 24.3 Å². The molecule has 0 radical (unpaired) electrons. The molecule has 1 heterocycles. The van der Waals surface area contributed by atoms with Gasteiger partial charge in [-0.15, -0.1) is 0 Å². The van der Waals surface area contributed by atoms with Crippen LogP contribution in [-0.2, 0) is 14.3 Å². The fourth-order valence-corrected chi connectivity index (χ4v) is 3.04. The summed E-state index contributed by atoms with van der Waals surface area (Å²) in [5, 5.41) is 0. The van der Waals surface area contributed by atoms with E-state index in [0.717, 1.165) is 30.6 Å². The van der Waals surface area contributed by atoms with Gasteiger partial charge in [0.2, 0.25) is 11.8 Å². The highest BCUT2D eigenvalue weighted by Crippen LogP contribution is 2.25. The van der Waals surface area contributed by atoms with Gasteiger partial charge in [0.05, 0.1) is 11.3 Å². The van der Waals surface area contributed by atoms with E-state index in [2.05, 4.69) is 0 Å². The maximum atomic E-state index is 12.2. The third kappa shape index (κ3) is 3.03. The van der Waals surface area contributed by atoms with Gasteiger partial charge in [0.15, 0.2) is 0 Å². The summed E-state index contributed by atoms with van der Waals surface area (Å²) in [7, 11) is 0. The van der Waals surface area contributed by atoms with Gasteiger partial charge in [0.25, 0.3) is 0 Å². The number of benzene rings is 1. The van der Waals surface area contributed by atoms with E-state index in [1.165, 1.54) is 6.42 Å². The number of nitrogens with zero attached hydrogens (tertiary/aromatic N) is 1. The first kappa shape index (κ1) is 14.8. The number of esters is 1. The summed E-state index contributed by atoms with van der Waals surface area (Å²) in [6.07, 6.45) is 5.65. The van der Waals surface area contributed by atoms with Crippen molar-refractivity contribution in [1.29, 1.82) is 0 Å².